The van der Waals surface area contributed by atoms with E-state index in [1.807, 2.05) is 0 Å². The highest BCUT2D eigenvalue weighted by molar-refractivity contribution is 5.77. The number of hydrogen-bond acceptors (Lipinski definition) is 3. The Balaban J connectivity index is 2.09. The normalized spacial score (nSPS) is 17.6. The van der Waals surface area contributed by atoms with E-state index in [0.717, 1.165) is 12.8 Å². The molecule has 0 heterocycles. The lowest BCUT2D eigenvalue weighted by Gasteiger charge is -2.08. The predicted molar refractivity (Wildman–Crippen MR) is 43.2 cm³/mol. The van der Waals surface area contributed by atoms with E-state index in [1.54, 1.807) is 0 Å². The van der Waals surface area contributed by atoms with Gasteiger partial charge in [-0.1, -0.05) is 0 Å². The first-order chi connectivity index (χ1) is 6.09. The Morgan fingerprint density at radius 1 is 1.46 bits per heavy atom. The van der Waals surface area contributed by atoms with Crippen molar-refractivity contribution in [3.63, 3.8) is 0 Å². The lowest BCUT2D eigenvalue weighted by Crippen LogP contribution is -2.42. The van der Waals surface area contributed by atoms with E-state index < -0.39 is 18.1 Å². The maximum atomic E-state index is 10.9. The smallest absolute Gasteiger partial charge is 0.334 e. The molecule has 1 aliphatic carbocycles. The van der Waals surface area contributed by atoms with Gasteiger partial charge >= 0.3 is 12.0 Å². The molecule has 0 aliphatic heterocycles. The van der Waals surface area contributed by atoms with E-state index in [4.69, 9.17) is 10.2 Å². The van der Waals surface area contributed by atoms with Crippen molar-refractivity contribution in [1.29, 1.82) is 0 Å². The molecule has 1 fully saturated rings. The molecule has 0 saturated heterocycles. The highest BCUT2D eigenvalue weighted by atomic mass is 16.4. The van der Waals surface area contributed by atoms with Crippen LogP contribution in [0.15, 0.2) is 0 Å². The zero-order valence-electron chi connectivity index (χ0n) is 6.99. The first kappa shape index (κ1) is 9.79. The number of carbonyl (C=O) groups excluding carboxylic acids is 1. The van der Waals surface area contributed by atoms with Crippen molar-refractivity contribution in [3.05, 3.63) is 0 Å². The van der Waals surface area contributed by atoms with Crippen LogP contribution < -0.4 is 10.6 Å². The summed E-state index contributed by atoms with van der Waals surface area (Å²) in [7, 11) is 0. The van der Waals surface area contributed by atoms with Crippen molar-refractivity contribution in [2.45, 2.75) is 25.0 Å². The Morgan fingerprint density at radius 2 is 2.08 bits per heavy atom. The number of nitrogens with one attached hydrogen (secondary N) is 2. The molecule has 1 aliphatic rings. The second kappa shape index (κ2) is 4.08. The van der Waals surface area contributed by atoms with E-state index >= 15 is 0 Å². The highest BCUT2D eigenvalue weighted by Crippen LogP contribution is 2.18. The summed E-state index contributed by atoms with van der Waals surface area (Å²) in [5, 5.41) is 21.9. The van der Waals surface area contributed by atoms with Gasteiger partial charge in [0.15, 0.2) is 6.10 Å². The third-order valence-corrected chi connectivity index (χ3v) is 1.65. The lowest BCUT2D eigenvalue weighted by molar-refractivity contribution is -0.146. The van der Waals surface area contributed by atoms with Gasteiger partial charge in [-0.25, -0.2) is 9.59 Å². The van der Waals surface area contributed by atoms with Crippen molar-refractivity contribution >= 4 is 12.0 Å². The van der Waals surface area contributed by atoms with Crippen molar-refractivity contribution in [2.24, 2.45) is 0 Å². The number of aliphatic hydroxyl groups excluding tert-OH is 1. The summed E-state index contributed by atoms with van der Waals surface area (Å²) in [6.07, 6.45) is 0.397. The molecule has 0 bridgehead atoms. The average molecular weight is 188 g/mol. The van der Waals surface area contributed by atoms with Crippen LogP contribution in [-0.2, 0) is 4.79 Å². The minimum Gasteiger partial charge on any atom is -0.479 e. The first-order valence-corrected chi connectivity index (χ1v) is 4.05. The number of amides is 2. The molecule has 1 atom stereocenters. The Labute approximate surface area is 74.9 Å². The molecular formula is C7H12N2O4. The Morgan fingerprint density at radius 3 is 2.54 bits per heavy atom. The van der Waals surface area contributed by atoms with Gasteiger partial charge in [-0.3, -0.25) is 0 Å². The molecular weight excluding hydrogens is 176 g/mol. The lowest BCUT2D eigenvalue weighted by atomic mass is 10.4. The fraction of sp³-hybridized carbons (Fsp3) is 0.714. The van der Waals surface area contributed by atoms with Gasteiger partial charge in [0.2, 0.25) is 0 Å². The third kappa shape index (κ3) is 3.75. The van der Waals surface area contributed by atoms with Crippen molar-refractivity contribution < 1.29 is 19.8 Å². The van der Waals surface area contributed by atoms with Gasteiger partial charge in [-0.15, -0.1) is 0 Å². The maximum Gasteiger partial charge on any atom is 0.334 e. The van der Waals surface area contributed by atoms with Gasteiger partial charge in [0, 0.05) is 6.04 Å². The second-order valence-electron chi connectivity index (χ2n) is 2.98. The van der Waals surface area contributed by atoms with Gasteiger partial charge in [0.05, 0.1) is 6.54 Å². The fourth-order valence-corrected chi connectivity index (χ4v) is 0.741. The molecule has 13 heavy (non-hydrogen) atoms. The third-order valence-electron chi connectivity index (χ3n) is 1.65. The molecule has 4 N–H and O–H groups in total. The first-order valence-electron chi connectivity index (χ1n) is 4.05. The second-order valence-corrected chi connectivity index (χ2v) is 2.98. The number of rotatable bonds is 4. The molecule has 0 aromatic rings. The molecule has 0 radical (unpaired) electrons. The number of aliphatic hydroxyl groups is 1. The van der Waals surface area contributed by atoms with E-state index in [0.29, 0.717) is 0 Å². The minimum absolute atomic E-state index is 0.224. The van der Waals surface area contributed by atoms with E-state index in [1.165, 1.54) is 0 Å². The van der Waals surface area contributed by atoms with Crippen LogP contribution in [0.25, 0.3) is 0 Å². The summed E-state index contributed by atoms with van der Waals surface area (Å²) in [6, 6.07) is -0.204. The number of carboxylic acids is 1. The van der Waals surface area contributed by atoms with Crippen LogP contribution in [-0.4, -0.2) is 40.9 Å². The van der Waals surface area contributed by atoms with Gasteiger partial charge in [0.1, 0.15) is 0 Å². The van der Waals surface area contributed by atoms with Gasteiger partial charge in [-0.05, 0) is 12.8 Å². The summed E-state index contributed by atoms with van der Waals surface area (Å²) < 4.78 is 0. The van der Waals surface area contributed by atoms with Gasteiger partial charge in [0.25, 0.3) is 0 Å². The minimum atomic E-state index is -1.54. The standard InChI is InChI=1S/C7H12N2O4/c10-5(6(11)12)3-8-7(13)9-4-1-2-4/h4-5,10H,1-3H2,(H,11,12)(H2,8,9,13)/t5-/m0/s1. The van der Waals surface area contributed by atoms with Crippen molar-refractivity contribution in [2.75, 3.05) is 6.54 Å². The fourth-order valence-electron chi connectivity index (χ4n) is 0.741. The molecule has 1 saturated carbocycles. The van der Waals surface area contributed by atoms with Gasteiger partial charge < -0.3 is 20.8 Å². The summed E-state index contributed by atoms with van der Waals surface area (Å²) in [5.41, 5.74) is 0. The highest BCUT2D eigenvalue weighted by Gasteiger charge is 2.23. The Hall–Kier alpha value is -1.30. The van der Waals surface area contributed by atoms with E-state index in [-0.39, 0.29) is 12.6 Å². The molecule has 6 heteroatoms. The van der Waals surface area contributed by atoms with Crippen LogP contribution in [0.5, 0.6) is 0 Å². The average Bonchev–Trinajstić information content (AvgIpc) is 2.83. The summed E-state index contributed by atoms with van der Waals surface area (Å²) in [5.74, 6) is -1.34. The summed E-state index contributed by atoms with van der Waals surface area (Å²) in [6.45, 7) is -0.270. The van der Waals surface area contributed by atoms with Crippen molar-refractivity contribution in [1.82, 2.24) is 10.6 Å². The monoisotopic (exact) mass is 188 g/mol. The summed E-state index contributed by atoms with van der Waals surface area (Å²) >= 11 is 0. The zero-order valence-corrected chi connectivity index (χ0v) is 6.99. The molecule has 74 valence electrons. The number of carbonyl (C=O) groups is 2. The van der Waals surface area contributed by atoms with Crippen LogP contribution >= 0.6 is 0 Å². The largest absolute Gasteiger partial charge is 0.479 e. The molecule has 6 nitrogen and oxygen atoms in total. The zero-order chi connectivity index (χ0) is 9.84. The number of hydrogen-bond donors (Lipinski definition) is 4. The maximum absolute atomic E-state index is 10.9. The molecule has 1 rings (SSSR count). The molecule has 0 spiro atoms. The molecule has 0 unspecified atom stereocenters. The van der Waals surface area contributed by atoms with Crippen LogP contribution in [0.2, 0.25) is 0 Å². The SMILES string of the molecule is O=C(NC[C@H](O)C(=O)O)NC1CC1. The molecule has 0 aromatic heterocycles. The van der Waals surface area contributed by atoms with E-state index in [9.17, 15) is 9.59 Å². The Kier molecular flexibility index (Phi) is 3.07. The quantitative estimate of drug-likeness (QED) is 0.449. The van der Waals surface area contributed by atoms with Crippen LogP contribution in [0, 0.1) is 0 Å². The number of urea groups is 1. The molecule has 2 amide bonds. The van der Waals surface area contributed by atoms with Gasteiger partial charge in [-0.2, -0.15) is 0 Å². The molecule has 0 aromatic carbocycles. The predicted octanol–water partition coefficient (Wildman–Crippen LogP) is -1.11. The van der Waals surface area contributed by atoms with Crippen LogP contribution in [0.3, 0.4) is 0 Å². The number of carboxylic acid groups (broad SMARTS) is 1. The van der Waals surface area contributed by atoms with Crippen LogP contribution in [0.1, 0.15) is 12.8 Å². The number of aliphatic carboxylic acids is 1. The van der Waals surface area contributed by atoms with Crippen LogP contribution in [0.4, 0.5) is 4.79 Å². The van der Waals surface area contributed by atoms with E-state index in [2.05, 4.69) is 10.6 Å². The Bertz CT molecular complexity index is 215. The van der Waals surface area contributed by atoms with Crippen molar-refractivity contribution in [3.8, 4) is 0 Å². The summed E-state index contributed by atoms with van der Waals surface area (Å²) in [4.78, 5) is 21.0. The topological polar surface area (TPSA) is 98.7 Å².